The molecule has 8 heteroatoms. The molecule has 0 radical (unpaired) electrons. The molecule has 0 aliphatic heterocycles. The second-order valence-electron chi connectivity index (χ2n) is 6.06. The first-order chi connectivity index (χ1) is 13.1. The van der Waals surface area contributed by atoms with Gasteiger partial charge in [-0.1, -0.05) is 18.2 Å². The lowest BCUT2D eigenvalue weighted by Gasteiger charge is -2.08. The fourth-order valence-corrected chi connectivity index (χ4v) is 2.75. The van der Waals surface area contributed by atoms with Crippen molar-refractivity contribution in [1.29, 1.82) is 0 Å². The van der Waals surface area contributed by atoms with Crippen molar-refractivity contribution in [2.24, 2.45) is 0 Å². The Morgan fingerprint density at radius 3 is 2.67 bits per heavy atom. The Kier molecular flexibility index (Phi) is 4.21. The van der Waals surface area contributed by atoms with Crippen molar-refractivity contribution >= 4 is 22.4 Å². The van der Waals surface area contributed by atoms with Crippen LogP contribution in [0.25, 0.3) is 22.2 Å². The van der Waals surface area contributed by atoms with Crippen LogP contribution in [-0.4, -0.2) is 30.9 Å². The number of hydrogen-bond donors (Lipinski definition) is 2. The first-order valence-corrected chi connectivity index (χ1v) is 8.34. The summed E-state index contributed by atoms with van der Waals surface area (Å²) in [5, 5.41) is 15.0. The van der Waals surface area contributed by atoms with E-state index in [-0.39, 0.29) is 18.0 Å². The molecule has 0 aliphatic carbocycles. The molecular formula is C19H16N6O2. The summed E-state index contributed by atoms with van der Waals surface area (Å²) in [6.07, 6.45) is 1.58. The smallest absolute Gasteiger partial charge is 0.275 e. The van der Waals surface area contributed by atoms with Crippen LogP contribution in [-0.2, 0) is 11.3 Å². The van der Waals surface area contributed by atoms with E-state index in [0.717, 1.165) is 21.5 Å². The highest BCUT2D eigenvalue weighted by molar-refractivity contribution is 5.91. The van der Waals surface area contributed by atoms with E-state index in [1.807, 2.05) is 31.2 Å². The van der Waals surface area contributed by atoms with Crippen molar-refractivity contribution in [1.82, 2.24) is 25.0 Å². The molecule has 2 aromatic heterocycles. The number of H-pyrrole nitrogens is 1. The summed E-state index contributed by atoms with van der Waals surface area (Å²) < 4.78 is 1.16. The molecule has 8 nitrogen and oxygen atoms in total. The Balaban J connectivity index is 1.48. The molecule has 4 rings (SSSR count). The van der Waals surface area contributed by atoms with E-state index < -0.39 is 0 Å². The van der Waals surface area contributed by atoms with Gasteiger partial charge in [-0.25, -0.2) is 9.67 Å². The molecule has 0 fully saturated rings. The minimum atomic E-state index is -0.332. The topological polar surface area (TPSA) is 106 Å². The zero-order chi connectivity index (χ0) is 18.8. The zero-order valence-electron chi connectivity index (χ0n) is 14.5. The van der Waals surface area contributed by atoms with Gasteiger partial charge in [0, 0.05) is 16.6 Å². The summed E-state index contributed by atoms with van der Waals surface area (Å²) in [7, 11) is 0. The number of carbonyl (C=O) groups excluding carboxylic acids is 1. The highest BCUT2D eigenvalue weighted by atomic mass is 16.2. The molecule has 2 aromatic carbocycles. The second-order valence-corrected chi connectivity index (χ2v) is 6.06. The van der Waals surface area contributed by atoms with Gasteiger partial charge < -0.3 is 5.32 Å². The minimum absolute atomic E-state index is 0.161. The quantitative estimate of drug-likeness (QED) is 0.580. The van der Waals surface area contributed by atoms with Gasteiger partial charge in [0.25, 0.3) is 5.56 Å². The lowest BCUT2D eigenvalue weighted by atomic mass is 10.2. The number of aryl methyl sites for hydroxylation is 1. The molecule has 4 aromatic rings. The van der Waals surface area contributed by atoms with Crippen LogP contribution in [0.1, 0.15) is 5.82 Å². The fraction of sp³-hybridized carbons (Fsp3) is 0.105. The molecule has 0 saturated carbocycles. The highest BCUT2D eigenvalue weighted by Crippen LogP contribution is 2.17. The van der Waals surface area contributed by atoms with Crippen molar-refractivity contribution in [3.05, 3.63) is 70.9 Å². The molecule has 0 aliphatic rings. The number of amides is 1. The molecular weight excluding hydrogens is 344 g/mol. The van der Waals surface area contributed by atoms with Gasteiger partial charge in [0.05, 0.1) is 11.6 Å². The number of nitrogens with one attached hydrogen (secondary N) is 2. The molecule has 0 unspecified atom stereocenters. The highest BCUT2D eigenvalue weighted by Gasteiger charge is 2.09. The lowest BCUT2D eigenvalue weighted by Crippen LogP contribution is -2.29. The summed E-state index contributed by atoms with van der Waals surface area (Å²) in [5.41, 5.74) is 1.16. The van der Waals surface area contributed by atoms with E-state index in [9.17, 15) is 9.59 Å². The number of fused-ring (bicyclic) bond motifs is 1. The Morgan fingerprint density at radius 1 is 1.15 bits per heavy atom. The van der Waals surface area contributed by atoms with Crippen LogP contribution in [0.2, 0.25) is 0 Å². The molecule has 27 heavy (non-hydrogen) atoms. The van der Waals surface area contributed by atoms with Crippen molar-refractivity contribution in [3.63, 3.8) is 0 Å². The number of benzene rings is 2. The third-order valence-electron chi connectivity index (χ3n) is 4.08. The Hall–Kier alpha value is -3.81. The predicted octanol–water partition coefficient (Wildman–Crippen LogP) is 2.13. The van der Waals surface area contributed by atoms with Crippen molar-refractivity contribution < 1.29 is 4.79 Å². The molecule has 0 saturated heterocycles. The van der Waals surface area contributed by atoms with Crippen LogP contribution in [0.3, 0.4) is 0 Å². The van der Waals surface area contributed by atoms with E-state index in [1.54, 1.807) is 30.5 Å². The molecule has 2 heterocycles. The summed E-state index contributed by atoms with van der Waals surface area (Å²) in [5.74, 6) is 0.995. The minimum Gasteiger partial charge on any atom is -0.324 e. The van der Waals surface area contributed by atoms with E-state index in [2.05, 4.69) is 25.6 Å². The maximum absolute atomic E-state index is 12.4. The Morgan fingerprint density at radius 2 is 1.93 bits per heavy atom. The maximum Gasteiger partial charge on any atom is 0.275 e. The molecule has 134 valence electrons. The average Bonchev–Trinajstić information content (AvgIpc) is 3.11. The van der Waals surface area contributed by atoms with E-state index in [0.29, 0.717) is 16.9 Å². The van der Waals surface area contributed by atoms with E-state index in [1.165, 1.54) is 0 Å². The molecule has 2 N–H and O–H groups in total. The summed E-state index contributed by atoms with van der Waals surface area (Å²) in [6.45, 7) is 1.67. The van der Waals surface area contributed by atoms with Crippen LogP contribution in [0.4, 0.5) is 5.69 Å². The van der Waals surface area contributed by atoms with E-state index >= 15 is 0 Å². The molecule has 1 amide bonds. The summed E-state index contributed by atoms with van der Waals surface area (Å²) in [6, 6.07) is 14.3. The Bertz CT molecular complexity index is 1180. The van der Waals surface area contributed by atoms with Crippen molar-refractivity contribution in [3.8, 4) is 11.4 Å². The van der Waals surface area contributed by atoms with Crippen molar-refractivity contribution in [2.75, 3.05) is 5.32 Å². The van der Waals surface area contributed by atoms with Crippen LogP contribution in [0.15, 0.2) is 59.5 Å². The number of aromatic nitrogens is 5. The summed E-state index contributed by atoms with van der Waals surface area (Å²) in [4.78, 5) is 29.0. The number of anilines is 1. The van der Waals surface area contributed by atoms with Crippen LogP contribution < -0.4 is 10.9 Å². The molecule has 0 bridgehead atoms. The van der Waals surface area contributed by atoms with Crippen molar-refractivity contribution in [2.45, 2.75) is 13.5 Å². The van der Waals surface area contributed by atoms with E-state index in [4.69, 9.17) is 0 Å². The normalized spacial score (nSPS) is 10.9. The van der Waals surface area contributed by atoms with Gasteiger partial charge in [0.15, 0.2) is 5.82 Å². The van der Waals surface area contributed by atoms with Crippen LogP contribution >= 0.6 is 0 Å². The number of rotatable bonds is 4. The largest absolute Gasteiger partial charge is 0.324 e. The van der Waals surface area contributed by atoms with Gasteiger partial charge in [-0.15, -0.1) is 0 Å². The molecule has 0 atom stereocenters. The average molecular weight is 360 g/mol. The number of nitrogens with zero attached hydrogens (tertiary/aromatic N) is 4. The van der Waals surface area contributed by atoms with Crippen LogP contribution in [0, 0.1) is 6.92 Å². The maximum atomic E-state index is 12.4. The summed E-state index contributed by atoms with van der Waals surface area (Å²) >= 11 is 0. The third kappa shape index (κ3) is 3.45. The SMILES string of the molecule is Cc1nc(-c2ccc(NC(=O)Cn3ncc4ccccc4c3=O)cc2)n[nH]1. The number of carbonyl (C=O) groups is 1. The fourth-order valence-electron chi connectivity index (χ4n) is 2.75. The van der Waals surface area contributed by atoms with Gasteiger partial charge >= 0.3 is 0 Å². The second kappa shape index (κ2) is 6.83. The number of aromatic amines is 1. The lowest BCUT2D eigenvalue weighted by molar-refractivity contribution is -0.117. The first kappa shape index (κ1) is 16.6. The monoisotopic (exact) mass is 360 g/mol. The molecule has 0 spiro atoms. The first-order valence-electron chi connectivity index (χ1n) is 8.34. The standard InChI is InChI=1S/C19H16N6O2/c1-12-21-18(24-23-12)13-6-8-15(9-7-13)22-17(26)11-25-19(27)16-5-3-2-4-14(16)10-20-25/h2-10H,11H2,1H3,(H,22,26)(H,21,23,24). The zero-order valence-corrected chi connectivity index (χ0v) is 14.5. The van der Waals surface area contributed by atoms with Gasteiger partial charge in [-0.05, 0) is 37.3 Å². The van der Waals surface area contributed by atoms with Gasteiger partial charge in [-0.3, -0.25) is 14.7 Å². The third-order valence-corrected chi connectivity index (χ3v) is 4.08. The van der Waals surface area contributed by atoms with Crippen LogP contribution in [0.5, 0.6) is 0 Å². The number of hydrogen-bond acceptors (Lipinski definition) is 5. The van der Waals surface area contributed by atoms with Gasteiger partial charge in [0.1, 0.15) is 12.4 Å². The predicted molar refractivity (Wildman–Crippen MR) is 101 cm³/mol. The van der Waals surface area contributed by atoms with Gasteiger partial charge in [-0.2, -0.15) is 10.2 Å². The van der Waals surface area contributed by atoms with Gasteiger partial charge in [0.2, 0.25) is 5.91 Å². The Labute approximate surface area is 153 Å².